The molecular weight excluding hydrogens is 409 g/mol. The number of hydrogen-bond donors (Lipinski definition) is 3. The van der Waals surface area contributed by atoms with Crippen molar-refractivity contribution < 1.29 is 15.0 Å². The number of β-amino-alcohol motifs (C(OH)–C–C–N with tert-alkyl or cyclic N) is 1. The molecule has 0 amide bonds. The topological polar surface area (TPSA) is 69.6 Å². The third-order valence-electron chi connectivity index (χ3n) is 5.04. The summed E-state index contributed by atoms with van der Waals surface area (Å²) in [7, 11) is 0. The van der Waals surface area contributed by atoms with Gasteiger partial charge in [-0.25, -0.2) is 0 Å². The first kappa shape index (κ1) is 23.7. The maximum Gasteiger partial charge on any atom is 0.303 e. The minimum Gasteiger partial charge on any atom is -0.481 e. The maximum absolute atomic E-state index is 10.8. The summed E-state index contributed by atoms with van der Waals surface area (Å²) < 4.78 is 0. The van der Waals surface area contributed by atoms with Gasteiger partial charge in [-0.15, -0.1) is 0 Å². The lowest BCUT2D eigenvalue weighted by Crippen LogP contribution is -2.41. The van der Waals surface area contributed by atoms with E-state index in [0.717, 1.165) is 19.3 Å². The van der Waals surface area contributed by atoms with E-state index in [1.54, 1.807) is 12.1 Å². The third-order valence-corrected chi connectivity index (χ3v) is 5.98. The number of hydrogen-bond acceptors (Lipinski definition) is 3. The third kappa shape index (κ3) is 7.63. The maximum atomic E-state index is 10.8. The number of rotatable bonds is 11. The molecule has 3 N–H and O–H groups in total. The van der Waals surface area contributed by atoms with Crippen LogP contribution in [0.15, 0.2) is 42.5 Å². The molecule has 6 heteroatoms. The number of carboxylic acids is 1. The standard InChI is InChI=1S/C23H29Cl2NO3/c1-23(2,14-6-9-16-7-4-3-5-8-16)26-15-19(27)18-12-10-17(11-13-20(28)29)21(24)22(18)25/h3-5,7-8,10,12,19,26-27H,6,9,11,13-15H2,1-2H3,(H,28,29)/t19-/m1/s1. The number of carbonyl (C=O) groups is 1. The van der Waals surface area contributed by atoms with E-state index >= 15 is 0 Å². The molecule has 2 rings (SSSR count). The highest BCUT2D eigenvalue weighted by atomic mass is 35.5. The number of aliphatic hydroxyl groups excluding tert-OH is 1. The first-order valence-corrected chi connectivity index (χ1v) is 10.6. The van der Waals surface area contributed by atoms with Crippen LogP contribution in [0.25, 0.3) is 0 Å². The van der Waals surface area contributed by atoms with Gasteiger partial charge in [-0.05, 0) is 50.7 Å². The van der Waals surface area contributed by atoms with E-state index < -0.39 is 12.1 Å². The van der Waals surface area contributed by atoms with Crippen LogP contribution in [0.1, 0.15) is 55.9 Å². The predicted octanol–water partition coefficient (Wildman–Crippen LogP) is 5.44. The zero-order chi connectivity index (χ0) is 21.4. The van der Waals surface area contributed by atoms with E-state index in [4.69, 9.17) is 28.3 Å². The summed E-state index contributed by atoms with van der Waals surface area (Å²) in [5, 5.41) is 23.4. The highest BCUT2D eigenvalue weighted by Crippen LogP contribution is 2.33. The molecule has 0 saturated carbocycles. The number of benzene rings is 2. The molecule has 0 bridgehead atoms. The van der Waals surface area contributed by atoms with Crippen molar-refractivity contribution >= 4 is 29.2 Å². The van der Waals surface area contributed by atoms with Crippen LogP contribution in [-0.4, -0.2) is 28.3 Å². The van der Waals surface area contributed by atoms with Crippen molar-refractivity contribution in [3.8, 4) is 0 Å². The van der Waals surface area contributed by atoms with Gasteiger partial charge in [0.2, 0.25) is 0 Å². The Kier molecular flexibility index (Phi) is 8.97. The molecule has 0 aliphatic rings. The first-order valence-electron chi connectivity index (χ1n) is 9.85. The average Bonchev–Trinajstić information content (AvgIpc) is 2.68. The molecule has 0 radical (unpaired) electrons. The summed E-state index contributed by atoms with van der Waals surface area (Å²) in [6.07, 6.45) is 2.52. The summed E-state index contributed by atoms with van der Waals surface area (Å²) in [5.41, 5.74) is 2.41. The summed E-state index contributed by atoms with van der Waals surface area (Å²) in [5.74, 6) is -0.889. The molecule has 4 nitrogen and oxygen atoms in total. The number of aliphatic hydroxyl groups is 1. The number of halogens is 2. The average molecular weight is 438 g/mol. The van der Waals surface area contributed by atoms with Gasteiger partial charge < -0.3 is 15.5 Å². The Morgan fingerprint density at radius 1 is 1.07 bits per heavy atom. The molecule has 0 aromatic heterocycles. The Morgan fingerprint density at radius 2 is 1.76 bits per heavy atom. The monoisotopic (exact) mass is 437 g/mol. The molecule has 158 valence electrons. The predicted molar refractivity (Wildman–Crippen MR) is 119 cm³/mol. The second-order valence-electron chi connectivity index (χ2n) is 7.96. The van der Waals surface area contributed by atoms with E-state index in [1.807, 2.05) is 6.07 Å². The van der Waals surface area contributed by atoms with Crippen molar-refractivity contribution in [2.24, 2.45) is 0 Å². The van der Waals surface area contributed by atoms with Gasteiger partial charge in [-0.1, -0.05) is 65.7 Å². The largest absolute Gasteiger partial charge is 0.481 e. The SMILES string of the molecule is CC(C)(CCCc1ccccc1)NC[C@@H](O)c1ccc(CCC(=O)O)c(Cl)c1Cl. The Balaban J connectivity index is 1.89. The van der Waals surface area contributed by atoms with E-state index in [0.29, 0.717) is 29.1 Å². The Morgan fingerprint density at radius 3 is 2.41 bits per heavy atom. The van der Waals surface area contributed by atoms with Crippen LogP contribution >= 0.6 is 23.2 Å². The van der Waals surface area contributed by atoms with Crippen LogP contribution in [0.4, 0.5) is 0 Å². The fourth-order valence-electron chi connectivity index (χ4n) is 3.25. The zero-order valence-electron chi connectivity index (χ0n) is 16.9. The van der Waals surface area contributed by atoms with Crippen molar-refractivity contribution in [2.75, 3.05) is 6.54 Å². The van der Waals surface area contributed by atoms with Crippen molar-refractivity contribution in [3.05, 3.63) is 69.2 Å². The molecule has 2 aromatic carbocycles. The Bertz CT molecular complexity index is 809. The molecule has 29 heavy (non-hydrogen) atoms. The van der Waals surface area contributed by atoms with Gasteiger partial charge in [-0.3, -0.25) is 4.79 Å². The number of nitrogens with one attached hydrogen (secondary N) is 1. The van der Waals surface area contributed by atoms with Gasteiger partial charge in [0.05, 0.1) is 16.1 Å². The summed E-state index contributed by atoms with van der Waals surface area (Å²) in [4.78, 5) is 10.8. The molecule has 1 atom stereocenters. The number of aliphatic carboxylic acids is 1. The van der Waals surface area contributed by atoms with Crippen molar-refractivity contribution in [2.45, 2.75) is 57.6 Å². The highest BCUT2D eigenvalue weighted by molar-refractivity contribution is 6.43. The second-order valence-corrected chi connectivity index (χ2v) is 8.71. The summed E-state index contributed by atoms with van der Waals surface area (Å²) in [6, 6.07) is 13.9. The fraction of sp³-hybridized carbons (Fsp3) is 0.435. The van der Waals surface area contributed by atoms with E-state index in [2.05, 4.69) is 43.4 Å². The number of aryl methyl sites for hydroxylation is 2. The smallest absolute Gasteiger partial charge is 0.303 e. The molecule has 0 fully saturated rings. The fourth-order valence-corrected chi connectivity index (χ4v) is 3.82. The summed E-state index contributed by atoms with van der Waals surface area (Å²) >= 11 is 12.6. The first-order chi connectivity index (χ1) is 13.7. The van der Waals surface area contributed by atoms with Gasteiger partial charge in [0.25, 0.3) is 0 Å². The van der Waals surface area contributed by atoms with E-state index in [9.17, 15) is 9.90 Å². The van der Waals surface area contributed by atoms with Gasteiger partial charge in [0.15, 0.2) is 0 Å². The van der Waals surface area contributed by atoms with Crippen LogP contribution < -0.4 is 5.32 Å². The Labute approximate surface area is 182 Å². The molecule has 2 aromatic rings. The molecule has 0 saturated heterocycles. The van der Waals surface area contributed by atoms with Crippen molar-refractivity contribution in [1.82, 2.24) is 5.32 Å². The van der Waals surface area contributed by atoms with Crippen molar-refractivity contribution in [3.63, 3.8) is 0 Å². The molecular formula is C23H29Cl2NO3. The molecule has 0 aliphatic heterocycles. The quantitative estimate of drug-likeness (QED) is 0.437. The highest BCUT2D eigenvalue weighted by Gasteiger charge is 2.21. The van der Waals surface area contributed by atoms with Gasteiger partial charge in [0.1, 0.15) is 0 Å². The number of carboxylic acid groups (broad SMARTS) is 1. The molecule has 0 spiro atoms. The second kappa shape index (κ2) is 11.0. The van der Waals surface area contributed by atoms with Crippen LogP contribution in [-0.2, 0) is 17.6 Å². The van der Waals surface area contributed by atoms with E-state index in [-0.39, 0.29) is 17.0 Å². The van der Waals surface area contributed by atoms with Crippen LogP contribution in [0.2, 0.25) is 10.0 Å². The summed E-state index contributed by atoms with van der Waals surface area (Å²) in [6.45, 7) is 4.59. The molecule has 0 heterocycles. The van der Waals surface area contributed by atoms with Crippen LogP contribution in [0.5, 0.6) is 0 Å². The van der Waals surface area contributed by atoms with Gasteiger partial charge in [-0.2, -0.15) is 0 Å². The zero-order valence-corrected chi connectivity index (χ0v) is 18.4. The van der Waals surface area contributed by atoms with Gasteiger partial charge in [0, 0.05) is 24.1 Å². The normalized spacial score (nSPS) is 12.7. The minimum atomic E-state index is -0.889. The molecule has 0 unspecified atom stereocenters. The lowest BCUT2D eigenvalue weighted by Gasteiger charge is -2.28. The molecule has 0 aliphatic carbocycles. The van der Waals surface area contributed by atoms with Crippen LogP contribution in [0.3, 0.4) is 0 Å². The van der Waals surface area contributed by atoms with Gasteiger partial charge >= 0.3 is 5.97 Å². The van der Waals surface area contributed by atoms with Crippen molar-refractivity contribution in [1.29, 1.82) is 0 Å². The minimum absolute atomic E-state index is 0.0172. The van der Waals surface area contributed by atoms with Crippen LogP contribution in [0, 0.1) is 0 Å². The van der Waals surface area contributed by atoms with E-state index in [1.165, 1.54) is 5.56 Å². The lowest BCUT2D eigenvalue weighted by atomic mass is 9.95. The lowest BCUT2D eigenvalue weighted by molar-refractivity contribution is -0.136. The Hall–Kier alpha value is -1.59.